The second-order valence-corrected chi connectivity index (χ2v) is 5.22. The van der Waals surface area contributed by atoms with Gasteiger partial charge < -0.3 is 14.3 Å². The average Bonchev–Trinajstić information content (AvgIpc) is 2.85. The smallest absolute Gasteiger partial charge is 0.325 e. The number of amides is 2. The van der Waals surface area contributed by atoms with Gasteiger partial charge in [0.1, 0.15) is 17.8 Å². The molecule has 20 heavy (non-hydrogen) atoms. The van der Waals surface area contributed by atoms with Gasteiger partial charge in [-0.3, -0.25) is 10.2 Å². The van der Waals surface area contributed by atoms with E-state index in [-0.39, 0.29) is 11.7 Å². The van der Waals surface area contributed by atoms with Crippen LogP contribution in [0.3, 0.4) is 0 Å². The molecule has 0 aliphatic heterocycles. The molecule has 0 spiro atoms. The number of hydrogen-bond acceptors (Lipinski definition) is 7. The van der Waals surface area contributed by atoms with Crippen molar-refractivity contribution >= 4 is 40.4 Å². The van der Waals surface area contributed by atoms with Crippen LogP contribution in [0, 0.1) is 0 Å². The van der Waals surface area contributed by atoms with Crippen LogP contribution in [-0.2, 0) is 9.53 Å². The van der Waals surface area contributed by atoms with Crippen molar-refractivity contribution in [1.82, 2.24) is 15.1 Å². The number of carbonyl (C=O) groups is 2. The van der Waals surface area contributed by atoms with E-state index < -0.39 is 17.6 Å². The van der Waals surface area contributed by atoms with E-state index in [9.17, 15) is 9.59 Å². The molecule has 0 fully saturated rings. The summed E-state index contributed by atoms with van der Waals surface area (Å²) in [7, 11) is 2.88. The number of ether oxygens (including phenoxy) is 2. The van der Waals surface area contributed by atoms with Crippen LogP contribution in [-0.4, -0.2) is 59.8 Å². The molecule has 10 heteroatoms. The first kappa shape index (κ1) is 16.6. The molecule has 0 aromatic carbocycles. The van der Waals surface area contributed by atoms with Crippen LogP contribution < -0.4 is 10.1 Å². The topological polar surface area (TPSA) is 93.7 Å². The molecule has 1 N–H and O–H groups in total. The van der Waals surface area contributed by atoms with E-state index in [0.29, 0.717) is 11.5 Å². The van der Waals surface area contributed by atoms with Crippen molar-refractivity contribution in [1.29, 1.82) is 0 Å². The number of urea groups is 1. The standard InChI is InChI=1S/C10H15ClN4O4S/c1-6(11)15(7(4-16)5-18-2)9(17)12-8-13-14-10(19-3)20-8/h4,6-7H,5H2,1-3H3,(H,12,13,17). The number of aldehydes is 1. The van der Waals surface area contributed by atoms with E-state index in [4.69, 9.17) is 21.1 Å². The highest BCUT2D eigenvalue weighted by Crippen LogP contribution is 2.22. The van der Waals surface area contributed by atoms with Crippen LogP contribution in [0.1, 0.15) is 6.92 Å². The Balaban J connectivity index is 2.80. The summed E-state index contributed by atoms with van der Waals surface area (Å²) >= 11 is 7.00. The van der Waals surface area contributed by atoms with Gasteiger partial charge in [-0.25, -0.2) is 4.79 Å². The SMILES string of the molecule is COCC(C=O)N(C(=O)Nc1nnc(OC)s1)C(C)Cl. The first-order valence-electron chi connectivity index (χ1n) is 5.58. The average molecular weight is 323 g/mol. The van der Waals surface area contributed by atoms with Gasteiger partial charge in [0.25, 0.3) is 5.19 Å². The summed E-state index contributed by atoms with van der Waals surface area (Å²) in [5, 5.41) is 10.5. The predicted octanol–water partition coefficient (Wildman–Crippen LogP) is 1.18. The summed E-state index contributed by atoms with van der Waals surface area (Å²) in [6.07, 6.45) is 0.600. The second-order valence-electron chi connectivity index (χ2n) is 3.65. The van der Waals surface area contributed by atoms with Gasteiger partial charge in [0.15, 0.2) is 0 Å². The summed E-state index contributed by atoms with van der Waals surface area (Å²) in [4.78, 5) is 24.3. The van der Waals surface area contributed by atoms with E-state index in [2.05, 4.69) is 15.5 Å². The predicted molar refractivity (Wildman–Crippen MR) is 74.4 cm³/mol. The Morgan fingerprint density at radius 2 is 2.25 bits per heavy atom. The van der Waals surface area contributed by atoms with Crippen molar-refractivity contribution in [3.05, 3.63) is 0 Å². The van der Waals surface area contributed by atoms with Crippen molar-refractivity contribution in [3.8, 4) is 5.19 Å². The van der Waals surface area contributed by atoms with Gasteiger partial charge >= 0.3 is 6.03 Å². The van der Waals surface area contributed by atoms with Gasteiger partial charge in [-0.2, -0.15) is 0 Å². The maximum Gasteiger partial charge on any atom is 0.325 e. The van der Waals surface area contributed by atoms with Crippen LogP contribution in [0.4, 0.5) is 9.93 Å². The van der Waals surface area contributed by atoms with E-state index in [1.807, 2.05) is 0 Å². The van der Waals surface area contributed by atoms with Crippen molar-refractivity contribution in [3.63, 3.8) is 0 Å². The molecule has 0 aliphatic rings. The molecule has 8 nitrogen and oxygen atoms in total. The van der Waals surface area contributed by atoms with E-state index in [1.54, 1.807) is 6.92 Å². The van der Waals surface area contributed by atoms with E-state index >= 15 is 0 Å². The zero-order valence-electron chi connectivity index (χ0n) is 11.2. The normalized spacial score (nSPS) is 13.4. The minimum atomic E-state index is -0.790. The fourth-order valence-electron chi connectivity index (χ4n) is 1.43. The second kappa shape index (κ2) is 7.98. The molecule has 112 valence electrons. The van der Waals surface area contributed by atoms with Gasteiger partial charge in [-0.15, -0.1) is 5.10 Å². The number of nitrogens with one attached hydrogen (secondary N) is 1. The molecule has 2 unspecified atom stereocenters. The fourth-order valence-corrected chi connectivity index (χ4v) is 2.21. The maximum absolute atomic E-state index is 12.1. The monoisotopic (exact) mass is 322 g/mol. The number of methoxy groups -OCH3 is 2. The Bertz CT molecular complexity index is 456. The molecule has 1 heterocycles. The highest BCUT2D eigenvalue weighted by Gasteiger charge is 2.28. The lowest BCUT2D eigenvalue weighted by Gasteiger charge is -2.29. The summed E-state index contributed by atoms with van der Waals surface area (Å²) < 4.78 is 9.76. The summed E-state index contributed by atoms with van der Waals surface area (Å²) in [6.45, 7) is 1.63. The molecule has 0 saturated heterocycles. The molecule has 0 radical (unpaired) electrons. The largest absolute Gasteiger partial charge is 0.472 e. The highest BCUT2D eigenvalue weighted by molar-refractivity contribution is 7.17. The van der Waals surface area contributed by atoms with Gasteiger partial charge in [-0.05, 0) is 18.3 Å². The van der Waals surface area contributed by atoms with Gasteiger partial charge in [0.2, 0.25) is 5.13 Å². The molecule has 2 amide bonds. The summed E-state index contributed by atoms with van der Waals surface area (Å²) in [5.74, 6) is 0. The number of alkyl halides is 1. The van der Waals surface area contributed by atoms with Crippen molar-refractivity contribution in [2.24, 2.45) is 0 Å². The molecular formula is C10H15ClN4O4S. The Morgan fingerprint density at radius 1 is 1.55 bits per heavy atom. The highest BCUT2D eigenvalue weighted by atomic mass is 35.5. The molecule has 1 rings (SSSR count). The van der Waals surface area contributed by atoms with Gasteiger partial charge in [0, 0.05) is 7.11 Å². The zero-order chi connectivity index (χ0) is 15.1. The van der Waals surface area contributed by atoms with Crippen LogP contribution in [0.15, 0.2) is 0 Å². The molecule has 2 atom stereocenters. The van der Waals surface area contributed by atoms with Crippen molar-refractivity contribution in [2.75, 3.05) is 26.1 Å². The van der Waals surface area contributed by atoms with E-state index in [0.717, 1.165) is 16.2 Å². The van der Waals surface area contributed by atoms with Crippen LogP contribution in [0.5, 0.6) is 5.19 Å². The first-order valence-corrected chi connectivity index (χ1v) is 6.83. The van der Waals surface area contributed by atoms with Gasteiger partial charge in [-0.1, -0.05) is 16.7 Å². The lowest BCUT2D eigenvalue weighted by Crippen LogP contribution is -2.49. The molecule has 1 aromatic rings. The Labute approximate surface area is 125 Å². The number of halogens is 1. The first-order chi connectivity index (χ1) is 9.53. The molecule has 0 aliphatic carbocycles. The number of rotatable bonds is 7. The Morgan fingerprint density at radius 3 is 2.70 bits per heavy atom. The third-order valence-corrected chi connectivity index (χ3v) is 3.27. The molecule has 0 bridgehead atoms. The lowest BCUT2D eigenvalue weighted by atomic mass is 10.3. The minimum Gasteiger partial charge on any atom is -0.472 e. The number of hydrogen-bond donors (Lipinski definition) is 1. The molecule has 1 aromatic heterocycles. The Hall–Kier alpha value is -1.45. The quantitative estimate of drug-likeness (QED) is 0.460. The van der Waals surface area contributed by atoms with Crippen LogP contribution in [0.25, 0.3) is 0 Å². The summed E-state index contributed by atoms with van der Waals surface area (Å²) in [6, 6.07) is -1.36. The number of nitrogens with zero attached hydrogens (tertiary/aromatic N) is 3. The van der Waals surface area contributed by atoms with Gasteiger partial charge in [0.05, 0.1) is 13.7 Å². The zero-order valence-corrected chi connectivity index (χ0v) is 12.8. The number of aromatic nitrogens is 2. The van der Waals surface area contributed by atoms with Crippen molar-refractivity contribution in [2.45, 2.75) is 18.5 Å². The maximum atomic E-state index is 12.1. The lowest BCUT2D eigenvalue weighted by molar-refractivity contribution is -0.113. The Kier molecular flexibility index (Phi) is 6.62. The number of anilines is 1. The summed E-state index contributed by atoms with van der Waals surface area (Å²) in [5.41, 5.74) is -0.699. The number of carbonyl (C=O) groups excluding carboxylic acids is 2. The van der Waals surface area contributed by atoms with E-state index in [1.165, 1.54) is 14.2 Å². The third-order valence-electron chi connectivity index (χ3n) is 2.26. The third kappa shape index (κ3) is 4.29. The van der Waals surface area contributed by atoms with Crippen molar-refractivity contribution < 1.29 is 19.1 Å². The molecule has 0 saturated carbocycles. The molecular weight excluding hydrogens is 308 g/mol. The van der Waals surface area contributed by atoms with Crippen LogP contribution >= 0.6 is 22.9 Å². The minimum absolute atomic E-state index is 0.0490. The fraction of sp³-hybridized carbons (Fsp3) is 0.600. The van der Waals surface area contributed by atoms with Crippen LogP contribution in [0.2, 0.25) is 0 Å².